The maximum absolute atomic E-state index is 13.6. The molecule has 3 rings (SSSR count). The quantitative estimate of drug-likeness (QED) is 0.792. The number of nitriles is 1. The lowest BCUT2D eigenvalue weighted by molar-refractivity contribution is 0.198. The number of hydrogen-bond acceptors (Lipinski definition) is 4. The minimum Gasteiger partial charge on any atom is -0.389 e. The van der Waals surface area contributed by atoms with E-state index in [9.17, 15) is 9.50 Å². The summed E-state index contributed by atoms with van der Waals surface area (Å²) in [5, 5.41) is 27.6. The average Bonchev–Trinajstić information content (AvgIpc) is 3.10. The lowest BCUT2D eigenvalue weighted by atomic mass is 10.1. The molecule has 1 N–H and O–H groups in total. The van der Waals surface area contributed by atoms with Crippen LogP contribution in [0.3, 0.4) is 0 Å². The van der Waals surface area contributed by atoms with Crippen LogP contribution in [-0.4, -0.2) is 24.7 Å². The zero-order valence-corrected chi connectivity index (χ0v) is 14.2. The summed E-state index contributed by atoms with van der Waals surface area (Å²) in [6, 6.07) is 9.95. The van der Waals surface area contributed by atoms with Crippen molar-refractivity contribution in [1.29, 1.82) is 5.26 Å². The van der Waals surface area contributed by atoms with Gasteiger partial charge in [0.05, 0.1) is 23.2 Å². The fraction of sp³-hybridized carbons (Fsp3) is 0.278. The third-order valence-corrected chi connectivity index (χ3v) is 4.03. The standard InChI is InChI=1S/C18H18FN5O/c1-11-6-16(9-15-8-14(10-20)22-23(15)3)24(21-11)18-5-4-13(19)7-17(18)12(2)25/h4-8,12,25H,9H2,1-3H3. The Hall–Kier alpha value is -2.98. The molecule has 2 aromatic heterocycles. The topological polar surface area (TPSA) is 79.7 Å². The first kappa shape index (κ1) is 16.9. The number of nitrogens with zero attached hydrogens (tertiary/aromatic N) is 5. The fourth-order valence-electron chi connectivity index (χ4n) is 2.85. The summed E-state index contributed by atoms with van der Waals surface area (Å²) in [4.78, 5) is 0. The molecule has 7 heteroatoms. The van der Waals surface area contributed by atoms with Crippen molar-refractivity contribution in [1.82, 2.24) is 19.6 Å². The van der Waals surface area contributed by atoms with E-state index in [2.05, 4.69) is 10.2 Å². The number of aromatic nitrogens is 4. The first-order chi connectivity index (χ1) is 11.9. The molecule has 0 aliphatic rings. The number of hydrogen-bond donors (Lipinski definition) is 1. The van der Waals surface area contributed by atoms with E-state index in [4.69, 9.17) is 5.26 Å². The largest absolute Gasteiger partial charge is 0.389 e. The number of aryl methyl sites for hydroxylation is 2. The monoisotopic (exact) mass is 339 g/mol. The second kappa shape index (κ2) is 6.49. The van der Waals surface area contributed by atoms with Crippen molar-refractivity contribution in [3.05, 3.63) is 64.5 Å². The minimum atomic E-state index is -0.829. The van der Waals surface area contributed by atoms with Gasteiger partial charge in [0, 0.05) is 24.7 Å². The van der Waals surface area contributed by atoms with Crippen LogP contribution in [0.4, 0.5) is 4.39 Å². The van der Waals surface area contributed by atoms with Crippen LogP contribution in [0.2, 0.25) is 0 Å². The molecule has 2 heterocycles. The Morgan fingerprint density at radius 2 is 2.00 bits per heavy atom. The summed E-state index contributed by atoms with van der Waals surface area (Å²) >= 11 is 0. The lowest BCUT2D eigenvalue weighted by Crippen LogP contribution is -2.09. The highest BCUT2D eigenvalue weighted by atomic mass is 19.1. The normalized spacial score (nSPS) is 12.2. The first-order valence-electron chi connectivity index (χ1n) is 7.85. The molecule has 128 valence electrons. The van der Waals surface area contributed by atoms with Crippen molar-refractivity contribution in [2.45, 2.75) is 26.4 Å². The molecule has 0 saturated heterocycles. The van der Waals surface area contributed by atoms with Gasteiger partial charge in [0.1, 0.15) is 11.9 Å². The molecule has 3 aromatic rings. The van der Waals surface area contributed by atoms with E-state index in [0.29, 0.717) is 23.4 Å². The number of aliphatic hydroxyl groups is 1. The molecule has 0 saturated carbocycles. The summed E-state index contributed by atoms with van der Waals surface area (Å²) in [6.07, 6.45) is -0.326. The number of rotatable bonds is 4. The Morgan fingerprint density at radius 3 is 2.64 bits per heavy atom. The Morgan fingerprint density at radius 1 is 1.24 bits per heavy atom. The molecule has 25 heavy (non-hydrogen) atoms. The molecule has 0 radical (unpaired) electrons. The van der Waals surface area contributed by atoms with Crippen LogP contribution in [0.5, 0.6) is 0 Å². The maximum Gasteiger partial charge on any atom is 0.162 e. The Bertz CT molecular complexity index is 964. The van der Waals surface area contributed by atoms with E-state index in [0.717, 1.165) is 17.1 Å². The molecule has 0 amide bonds. The highest BCUT2D eigenvalue weighted by molar-refractivity contribution is 5.44. The van der Waals surface area contributed by atoms with E-state index in [1.54, 1.807) is 35.5 Å². The van der Waals surface area contributed by atoms with Crippen molar-refractivity contribution in [2.24, 2.45) is 7.05 Å². The van der Waals surface area contributed by atoms with Crippen LogP contribution in [0.1, 0.15) is 41.4 Å². The molecule has 6 nitrogen and oxygen atoms in total. The molecule has 1 atom stereocenters. The van der Waals surface area contributed by atoms with Gasteiger partial charge in [0.2, 0.25) is 0 Å². The number of benzene rings is 1. The number of halogens is 1. The third kappa shape index (κ3) is 3.30. The Balaban J connectivity index is 2.08. The summed E-state index contributed by atoms with van der Waals surface area (Å²) in [5.41, 5.74) is 3.97. The van der Waals surface area contributed by atoms with Gasteiger partial charge in [0.15, 0.2) is 5.69 Å². The van der Waals surface area contributed by atoms with Crippen molar-refractivity contribution < 1.29 is 9.50 Å². The van der Waals surface area contributed by atoms with Crippen LogP contribution in [0.15, 0.2) is 30.3 Å². The van der Waals surface area contributed by atoms with Crippen LogP contribution in [0.25, 0.3) is 5.69 Å². The highest BCUT2D eigenvalue weighted by Gasteiger charge is 2.17. The molecule has 0 aliphatic carbocycles. The summed E-state index contributed by atoms with van der Waals surface area (Å²) < 4.78 is 16.9. The molecule has 0 spiro atoms. The Labute approximate surface area is 144 Å². The second-order valence-corrected chi connectivity index (χ2v) is 6.00. The van der Waals surface area contributed by atoms with E-state index >= 15 is 0 Å². The maximum atomic E-state index is 13.6. The molecule has 0 bridgehead atoms. The number of aliphatic hydroxyl groups excluding tert-OH is 1. The van der Waals surface area contributed by atoms with Gasteiger partial charge in [-0.25, -0.2) is 9.07 Å². The molecule has 1 aromatic carbocycles. The average molecular weight is 339 g/mol. The second-order valence-electron chi connectivity index (χ2n) is 6.00. The van der Waals surface area contributed by atoms with Gasteiger partial charge in [-0.2, -0.15) is 15.5 Å². The minimum absolute atomic E-state index is 0.353. The molecule has 1 unspecified atom stereocenters. The van der Waals surface area contributed by atoms with Crippen molar-refractivity contribution in [3.8, 4) is 11.8 Å². The molecular weight excluding hydrogens is 321 g/mol. The fourth-order valence-corrected chi connectivity index (χ4v) is 2.85. The highest BCUT2D eigenvalue weighted by Crippen LogP contribution is 2.25. The van der Waals surface area contributed by atoms with Gasteiger partial charge in [-0.05, 0) is 44.2 Å². The third-order valence-electron chi connectivity index (χ3n) is 4.03. The van der Waals surface area contributed by atoms with E-state index in [-0.39, 0.29) is 0 Å². The SMILES string of the molecule is Cc1cc(Cc2cc(C#N)nn2C)n(-c2ccc(F)cc2C(C)O)n1. The van der Waals surface area contributed by atoms with Gasteiger partial charge in [-0.15, -0.1) is 0 Å². The van der Waals surface area contributed by atoms with Crippen LogP contribution < -0.4 is 0 Å². The van der Waals surface area contributed by atoms with Crippen LogP contribution in [0, 0.1) is 24.1 Å². The zero-order chi connectivity index (χ0) is 18.1. The van der Waals surface area contributed by atoms with Crippen LogP contribution >= 0.6 is 0 Å². The van der Waals surface area contributed by atoms with Crippen molar-refractivity contribution in [3.63, 3.8) is 0 Å². The Kier molecular flexibility index (Phi) is 4.38. The smallest absolute Gasteiger partial charge is 0.162 e. The van der Waals surface area contributed by atoms with Gasteiger partial charge in [-0.1, -0.05) is 0 Å². The van der Waals surface area contributed by atoms with Crippen LogP contribution in [-0.2, 0) is 13.5 Å². The van der Waals surface area contributed by atoms with Gasteiger partial charge >= 0.3 is 0 Å². The van der Waals surface area contributed by atoms with E-state index < -0.39 is 11.9 Å². The molecule has 0 aliphatic heterocycles. The lowest BCUT2D eigenvalue weighted by Gasteiger charge is -2.15. The summed E-state index contributed by atoms with van der Waals surface area (Å²) in [7, 11) is 1.78. The van der Waals surface area contributed by atoms with Gasteiger partial charge in [0.25, 0.3) is 0 Å². The van der Waals surface area contributed by atoms with Crippen molar-refractivity contribution in [2.75, 3.05) is 0 Å². The molecular formula is C18H18FN5O. The predicted octanol–water partition coefficient (Wildman–Crippen LogP) is 2.57. The predicted molar refractivity (Wildman–Crippen MR) is 89.6 cm³/mol. The molecule has 0 fully saturated rings. The van der Waals surface area contributed by atoms with Gasteiger partial charge in [-0.3, -0.25) is 4.68 Å². The summed E-state index contributed by atoms with van der Waals surface area (Å²) in [5.74, 6) is -0.407. The zero-order valence-electron chi connectivity index (χ0n) is 14.2. The van der Waals surface area contributed by atoms with E-state index in [1.165, 1.54) is 12.1 Å². The van der Waals surface area contributed by atoms with E-state index in [1.807, 2.05) is 19.1 Å². The van der Waals surface area contributed by atoms with Crippen molar-refractivity contribution >= 4 is 0 Å². The first-order valence-corrected chi connectivity index (χ1v) is 7.85. The van der Waals surface area contributed by atoms with Gasteiger partial charge < -0.3 is 5.11 Å². The summed E-state index contributed by atoms with van der Waals surface area (Å²) in [6.45, 7) is 3.46.